The molecular formula is C19H24F4O. The van der Waals surface area contributed by atoms with Gasteiger partial charge in [0.2, 0.25) is 0 Å². The van der Waals surface area contributed by atoms with E-state index in [0.29, 0.717) is 18.4 Å². The van der Waals surface area contributed by atoms with Gasteiger partial charge in [-0.1, -0.05) is 51.0 Å². The minimum absolute atomic E-state index is 0.0567. The number of allylic oxidation sites excluding steroid dienone is 1. The number of alkyl halides is 3. The van der Waals surface area contributed by atoms with Crippen molar-refractivity contribution in [1.82, 2.24) is 0 Å². The molecule has 1 nitrogen and oxygen atoms in total. The first-order valence-electron chi connectivity index (χ1n) is 8.47. The average molecular weight is 344 g/mol. The molecule has 0 radical (unpaired) electrons. The van der Waals surface area contributed by atoms with E-state index in [4.69, 9.17) is 4.74 Å². The van der Waals surface area contributed by atoms with Crippen molar-refractivity contribution in [2.75, 3.05) is 6.61 Å². The molecular weight excluding hydrogens is 320 g/mol. The van der Waals surface area contributed by atoms with Crippen LogP contribution >= 0.6 is 0 Å². The van der Waals surface area contributed by atoms with Gasteiger partial charge in [-0.05, 0) is 30.2 Å². The average Bonchev–Trinajstić information content (AvgIpc) is 2.54. The summed E-state index contributed by atoms with van der Waals surface area (Å²) in [7, 11) is 0. The summed E-state index contributed by atoms with van der Waals surface area (Å²) < 4.78 is 56.0. The second-order valence-corrected chi connectivity index (χ2v) is 6.58. The van der Waals surface area contributed by atoms with Gasteiger partial charge >= 0.3 is 6.18 Å². The third-order valence-electron chi connectivity index (χ3n) is 4.71. The van der Waals surface area contributed by atoms with Crippen LogP contribution in [0.5, 0.6) is 0 Å². The molecule has 0 N–H and O–H groups in total. The Morgan fingerprint density at radius 2 is 1.92 bits per heavy atom. The predicted molar refractivity (Wildman–Crippen MR) is 87.1 cm³/mol. The van der Waals surface area contributed by atoms with Crippen LogP contribution in [0.2, 0.25) is 0 Å². The Morgan fingerprint density at radius 3 is 2.42 bits per heavy atom. The van der Waals surface area contributed by atoms with Gasteiger partial charge in [0.05, 0.1) is 18.8 Å². The van der Waals surface area contributed by atoms with Crippen molar-refractivity contribution >= 4 is 5.83 Å². The Labute approximate surface area is 140 Å². The molecule has 0 aromatic heterocycles. The van der Waals surface area contributed by atoms with Crippen LogP contribution in [0.3, 0.4) is 0 Å². The van der Waals surface area contributed by atoms with Gasteiger partial charge in [-0.25, -0.2) is 4.39 Å². The van der Waals surface area contributed by atoms with Crippen LogP contribution in [0, 0.1) is 11.8 Å². The summed E-state index contributed by atoms with van der Waals surface area (Å²) >= 11 is 0. The van der Waals surface area contributed by atoms with E-state index >= 15 is 0 Å². The molecule has 1 aromatic carbocycles. The van der Waals surface area contributed by atoms with Crippen LogP contribution in [0.4, 0.5) is 17.6 Å². The molecule has 2 rings (SSSR count). The van der Waals surface area contributed by atoms with E-state index in [9.17, 15) is 17.6 Å². The summed E-state index contributed by atoms with van der Waals surface area (Å²) in [6, 6.07) is 6.06. The molecule has 1 aliphatic heterocycles. The van der Waals surface area contributed by atoms with Gasteiger partial charge in [-0.2, -0.15) is 13.2 Å². The van der Waals surface area contributed by atoms with E-state index in [1.165, 1.54) is 25.0 Å². The Morgan fingerprint density at radius 1 is 1.25 bits per heavy atom. The monoisotopic (exact) mass is 344 g/mol. The molecule has 0 spiro atoms. The van der Waals surface area contributed by atoms with E-state index < -0.39 is 12.0 Å². The molecule has 1 aromatic rings. The molecule has 0 aliphatic carbocycles. The lowest BCUT2D eigenvalue weighted by Crippen LogP contribution is -2.25. The largest absolute Gasteiger partial charge is 0.412 e. The Balaban J connectivity index is 1.96. The highest BCUT2D eigenvalue weighted by Gasteiger charge is 2.27. The first kappa shape index (κ1) is 19.0. The quantitative estimate of drug-likeness (QED) is 0.557. The summed E-state index contributed by atoms with van der Waals surface area (Å²) in [5, 5.41) is 0. The Hall–Kier alpha value is -1.36. The summed E-state index contributed by atoms with van der Waals surface area (Å²) in [6.45, 7) is 5.13. The fourth-order valence-electron chi connectivity index (χ4n) is 3.26. The van der Waals surface area contributed by atoms with Gasteiger partial charge in [0.25, 0.3) is 0 Å². The normalized spacial score (nSPS) is 24.0. The summed E-state index contributed by atoms with van der Waals surface area (Å²) in [6.07, 6.45) is -0.705. The van der Waals surface area contributed by atoms with Crippen molar-refractivity contribution in [3.63, 3.8) is 0 Å². The number of ether oxygens (including phenoxy) is 1. The lowest BCUT2D eigenvalue weighted by Gasteiger charge is -2.32. The standard InChI is InChI=1S/C19H24F4O/c1-3-4-13(2)16-9-10-18(24-12-16)15-7-5-14(6-8-15)17(20)11-19(21,22)23/h5-8,11,13,16,18H,3-4,9-10,12H2,1-2H3/b17-11-. The van der Waals surface area contributed by atoms with Crippen LogP contribution in [-0.2, 0) is 4.74 Å². The van der Waals surface area contributed by atoms with E-state index in [-0.39, 0.29) is 17.7 Å². The highest BCUT2D eigenvalue weighted by atomic mass is 19.4. The highest BCUT2D eigenvalue weighted by molar-refractivity contribution is 5.59. The minimum Gasteiger partial charge on any atom is -0.373 e. The third kappa shape index (κ3) is 5.33. The molecule has 1 saturated heterocycles. The second-order valence-electron chi connectivity index (χ2n) is 6.58. The van der Waals surface area contributed by atoms with Gasteiger partial charge in [-0.15, -0.1) is 0 Å². The highest BCUT2D eigenvalue weighted by Crippen LogP contribution is 2.35. The number of halogens is 4. The third-order valence-corrected chi connectivity index (χ3v) is 4.71. The lowest BCUT2D eigenvalue weighted by molar-refractivity contribution is -0.0798. The van der Waals surface area contributed by atoms with Crippen molar-refractivity contribution in [3.8, 4) is 0 Å². The smallest absolute Gasteiger partial charge is 0.373 e. The molecule has 3 atom stereocenters. The van der Waals surface area contributed by atoms with Crippen molar-refractivity contribution in [2.45, 2.75) is 51.8 Å². The number of benzene rings is 1. The molecule has 3 unspecified atom stereocenters. The zero-order valence-corrected chi connectivity index (χ0v) is 14.1. The summed E-state index contributed by atoms with van der Waals surface area (Å²) in [5.41, 5.74) is 0.821. The van der Waals surface area contributed by atoms with Gasteiger partial charge in [0.15, 0.2) is 0 Å². The molecule has 1 aliphatic rings. The van der Waals surface area contributed by atoms with Crippen molar-refractivity contribution in [3.05, 3.63) is 41.5 Å². The molecule has 0 bridgehead atoms. The zero-order chi connectivity index (χ0) is 17.7. The van der Waals surface area contributed by atoms with Crippen LogP contribution < -0.4 is 0 Å². The van der Waals surface area contributed by atoms with Crippen molar-refractivity contribution in [1.29, 1.82) is 0 Å². The summed E-state index contributed by atoms with van der Waals surface area (Å²) in [5.74, 6) is -0.0698. The fraction of sp³-hybridized carbons (Fsp3) is 0.579. The predicted octanol–water partition coefficient (Wildman–Crippen LogP) is 6.46. The first-order valence-corrected chi connectivity index (χ1v) is 8.47. The van der Waals surface area contributed by atoms with Gasteiger partial charge < -0.3 is 4.74 Å². The molecule has 24 heavy (non-hydrogen) atoms. The van der Waals surface area contributed by atoms with Crippen molar-refractivity contribution in [2.24, 2.45) is 11.8 Å². The Kier molecular flexibility index (Phi) is 6.44. The van der Waals surface area contributed by atoms with Crippen molar-refractivity contribution < 1.29 is 22.3 Å². The maximum atomic E-state index is 13.5. The lowest BCUT2D eigenvalue weighted by atomic mass is 9.84. The van der Waals surface area contributed by atoms with Gasteiger partial charge in [0.1, 0.15) is 5.83 Å². The van der Waals surface area contributed by atoms with Gasteiger partial charge in [0, 0.05) is 5.56 Å². The second kappa shape index (κ2) is 8.15. The van der Waals surface area contributed by atoms with E-state index in [1.807, 2.05) is 0 Å². The Bertz CT molecular complexity index is 539. The van der Waals surface area contributed by atoms with Crippen LogP contribution in [0.1, 0.15) is 56.8 Å². The van der Waals surface area contributed by atoms with Crippen LogP contribution in [0.25, 0.3) is 5.83 Å². The van der Waals surface area contributed by atoms with E-state index in [2.05, 4.69) is 13.8 Å². The number of hydrogen-bond acceptors (Lipinski definition) is 1. The maximum absolute atomic E-state index is 13.5. The zero-order valence-electron chi connectivity index (χ0n) is 14.1. The number of rotatable bonds is 5. The topological polar surface area (TPSA) is 9.23 Å². The summed E-state index contributed by atoms with van der Waals surface area (Å²) in [4.78, 5) is 0. The molecule has 1 fully saturated rings. The number of hydrogen-bond donors (Lipinski definition) is 0. The fourth-order valence-corrected chi connectivity index (χ4v) is 3.26. The van der Waals surface area contributed by atoms with E-state index in [1.54, 1.807) is 12.1 Å². The molecule has 5 heteroatoms. The SMILES string of the molecule is CCCC(C)C1CCC(c2ccc(/C(F)=C/C(F)(F)F)cc2)OC1. The van der Waals surface area contributed by atoms with Gasteiger partial charge in [-0.3, -0.25) is 0 Å². The van der Waals surface area contributed by atoms with E-state index in [0.717, 1.165) is 18.4 Å². The van der Waals surface area contributed by atoms with Crippen LogP contribution in [0.15, 0.2) is 30.3 Å². The first-order chi connectivity index (χ1) is 11.3. The van der Waals surface area contributed by atoms with Crippen LogP contribution in [-0.4, -0.2) is 12.8 Å². The molecule has 134 valence electrons. The molecule has 0 amide bonds. The molecule has 0 saturated carbocycles. The molecule has 1 heterocycles. The minimum atomic E-state index is -4.65. The maximum Gasteiger partial charge on any atom is 0.412 e.